The molecule has 1 aromatic rings. The molecule has 1 atom stereocenters. The lowest BCUT2D eigenvalue weighted by Gasteiger charge is -2.34. The van der Waals surface area contributed by atoms with Crippen molar-refractivity contribution < 1.29 is 8.42 Å². The van der Waals surface area contributed by atoms with E-state index in [1.165, 1.54) is 11.3 Å². The quantitative estimate of drug-likeness (QED) is 0.820. The minimum absolute atomic E-state index is 0.104. The molecule has 0 aromatic carbocycles. The van der Waals surface area contributed by atoms with Crippen molar-refractivity contribution in [2.24, 2.45) is 0 Å². The van der Waals surface area contributed by atoms with Gasteiger partial charge in [-0.25, -0.2) is 8.42 Å². The fourth-order valence-corrected chi connectivity index (χ4v) is 5.28. The van der Waals surface area contributed by atoms with Crippen LogP contribution in [0.2, 0.25) is 0 Å². The minimum Gasteiger partial charge on any atom is -0.315 e. The number of sulfonamides is 1. The van der Waals surface area contributed by atoms with Crippen LogP contribution in [0.1, 0.15) is 32.6 Å². The summed E-state index contributed by atoms with van der Waals surface area (Å²) in [6, 6.07) is 3.60. The second-order valence-electron chi connectivity index (χ2n) is 4.90. The Morgan fingerprint density at radius 2 is 2.32 bits per heavy atom. The molecule has 0 aliphatic carbocycles. The monoisotopic (exact) mass is 302 g/mol. The molecule has 0 amide bonds. The largest absolute Gasteiger partial charge is 0.315 e. The Balaban J connectivity index is 2.10. The van der Waals surface area contributed by atoms with E-state index >= 15 is 0 Å². The molecule has 1 aromatic heterocycles. The van der Waals surface area contributed by atoms with E-state index in [1.54, 1.807) is 16.4 Å². The van der Waals surface area contributed by atoms with Gasteiger partial charge in [0.25, 0.3) is 10.0 Å². The predicted molar refractivity (Wildman–Crippen MR) is 79.0 cm³/mol. The summed E-state index contributed by atoms with van der Waals surface area (Å²) in [7, 11) is -3.29. The van der Waals surface area contributed by atoms with Crippen molar-refractivity contribution >= 4 is 21.4 Å². The number of rotatable bonds is 6. The molecule has 1 N–H and O–H groups in total. The van der Waals surface area contributed by atoms with E-state index in [-0.39, 0.29) is 6.04 Å². The van der Waals surface area contributed by atoms with Crippen molar-refractivity contribution in [1.82, 2.24) is 9.62 Å². The number of piperidine rings is 1. The van der Waals surface area contributed by atoms with E-state index in [2.05, 4.69) is 12.2 Å². The number of hydrogen-bond acceptors (Lipinski definition) is 4. The normalized spacial score (nSPS) is 21.6. The van der Waals surface area contributed by atoms with Gasteiger partial charge in [0.2, 0.25) is 0 Å². The van der Waals surface area contributed by atoms with Gasteiger partial charge in [-0.1, -0.05) is 19.4 Å². The lowest BCUT2D eigenvalue weighted by atomic mass is 10.1. The highest BCUT2D eigenvalue weighted by Gasteiger charge is 2.33. The summed E-state index contributed by atoms with van der Waals surface area (Å²) in [5.41, 5.74) is 0. The standard InChI is InChI=1S/C13H22N2O2S2/c1-2-8-14-11-12-6-3-4-9-15(12)19(16,17)13-7-5-10-18-13/h5,7,10,12,14H,2-4,6,8-9,11H2,1H3. The molecule has 2 heterocycles. The van der Waals surface area contributed by atoms with Crippen LogP contribution in [0.5, 0.6) is 0 Å². The van der Waals surface area contributed by atoms with Gasteiger partial charge >= 0.3 is 0 Å². The summed E-state index contributed by atoms with van der Waals surface area (Å²) in [6.07, 6.45) is 4.12. The molecule has 2 rings (SSSR count). The second kappa shape index (κ2) is 6.83. The fraction of sp³-hybridized carbons (Fsp3) is 0.692. The summed E-state index contributed by atoms with van der Waals surface area (Å²) < 4.78 is 27.4. The topological polar surface area (TPSA) is 49.4 Å². The summed E-state index contributed by atoms with van der Waals surface area (Å²) >= 11 is 1.30. The van der Waals surface area contributed by atoms with Gasteiger partial charge in [-0.2, -0.15) is 4.31 Å². The molecule has 1 unspecified atom stereocenters. The third kappa shape index (κ3) is 3.56. The first-order chi connectivity index (χ1) is 9.16. The Kier molecular flexibility index (Phi) is 5.38. The van der Waals surface area contributed by atoms with Crippen molar-refractivity contribution in [3.8, 4) is 0 Å². The zero-order valence-corrected chi connectivity index (χ0v) is 13.0. The molecule has 0 bridgehead atoms. The second-order valence-corrected chi connectivity index (χ2v) is 7.97. The van der Waals surface area contributed by atoms with Crippen molar-refractivity contribution in [2.45, 2.75) is 42.9 Å². The molecule has 4 nitrogen and oxygen atoms in total. The molecule has 0 saturated carbocycles. The maximum atomic E-state index is 12.6. The van der Waals surface area contributed by atoms with Crippen LogP contribution < -0.4 is 5.32 Å². The van der Waals surface area contributed by atoms with E-state index in [1.807, 2.05) is 5.38 Å². The van der Waals surface area contributed by atoms with Crippen molar-refractivity contribution in [2.75, 3.05) is 19.6 Å². The highest BCUT2D eigenvalue weighted by atomic mass is 32.2. The summed E-state index contributed by atoms with van der Waals surface area (Å²) in [6.45, 7) is 4.48. The first-order valence-electron chi connectivity index (χ1n) is 6.92. The van der Waals surface area contributed by atoms with Crippen molar-refractivity contribution in [3.05, 3.63) is 17.5 Å². The predicted octanol–water partition coefficient (Wildman–Crippen LogP) is 2.29. The van der Waals surface area contributed by atoms with Gasteiger partial charge in [0.05, 0.1) is 0 Å². The number of thiophene rings is 1. The van der Waals surface area contributed by atoms with Gasteiger partial charge in [-0.3, -0.25) is 0 Å². The van der Waals surface area contributed by atoms with Crippen LogP contribution in [0, 0.1) is 0 Å². The molecule has 1 fully saturated rings. The van der Waals surface area contributed by atoms with Crippen molar-refractivity contribution in [3.63, 3.8) is 0 Å². The van der Waals surface area contributed by atoms with Crippen LogP contribution in [0.3, 0.4) is 0 Å². The van der Waals surface area contributed by atoms with Crippen LogP contribution in [-0.4, -0.2) is 38.4 Å². The molecule has 1 aliphatic rings. The number of hydrogen-bond donors (Lipinski definition) is 1. The first-order valence-corrected chi connectivity index (χ1v) is 9.24. The van der Waals surface area contributed by atoms with Gasteiger partial charge in [-0.05, 0) is 37.3 Å². The smallest absolute Gasteiger partial charge is 0.252 e. The van der Waals surface area contributed by atoms with Gasteiger partial charge in [0.15, 0.2) is 0 Å². The molecule has 19 heavy (non-hydrogen) atoms. The molecular formula is C13H22N2O2S2. The first kappa shape index (κ1) is 15.0. The number of nitrogens with zero attached hydrogens (tertiary/aromatic N) is 1. The van der Waals surface area contributed by atoms with Crippen LogP contribution in [-0.2, 0) is 10.0 Å². The SMILES string of the molecule is CCCNCC1CCCCN1S(=O)(=O)c1cccs1. The minimum atomic E-state index is -3.29. The average Bonchev–Trinajstić information content (AvgIpc) is 2.94. The summed E-state index contributed by atoms with van der Waals surface area (Å²) in [5.74, 6) is 0. The van der Waals surface area contributed by atoms with Gasteiger partial charge in [-0.15, -0.1) is 11.3 Å². The van der Waals surface area contributed by atoms with Gasteiger partial charge in [0.1, 0.15) is 4.21 Å². The van der Waals surface area contributed by atoms with Gasteiger partial charge in [0, 0.05) is 19.1 Å². The average molecular weight is 302 g/mol. The maximum absolute atomic E-state index is 12.6. The third-order valence-corrected chi connectivity index (χ3v) is 6.76. The molecule has 6 heteroatoms. The summed E-state index contributed by atoms with van der Waals surface area (Å²) in [5, 5.41) is 5.17. The van der Waals surface area contributed by atoms with E-state index in [0.717, 1.165) is 38.8 Å². The lowest BCUT2D eigenvalue weighted by Crippen LogP contribution is -2.48. The zero-order chi connectivity index (χ0) is 13.7. The Bertz CT molecular complexity index is 471. The Hall–Kier alpha value is -0.430. The Morgan fingerprint density at radius 1 is 1.47 bits per heavy atom. The highest BCUT2D eigenvalue weighted by molar-refractivity contribution is 7.91. The molecule has 1 saturated heterocycles. The van der Waals surface area contributed by atoms with Gasteiger partial charge < -0.3 is 5.32 Å². The fourth-order valence-electron chi connectivity index (χ4n) is 2.47. The Morgan fingerprint density at radius 3 is 3.00 bits per heavy atom. The van der Waals surface area contributed by atoms with E-state index < -0.39 is 10.0 Å². The number of nitrogens with one attached hydrogen (secondary N) is 1. The maximum Gasteiger partial charge on any atom is 0.252 e. The molecule has 108 valence electrons. The van der Waals surface area contributed by atoms with Crippen molar-refractivity contribution in [1.29, 1.82) is 0 Å². The third-order valence-electron chi connectivity index (χ3n) is 3.44. The highest BCUT2D eigenvalue weighted by Crippen LogP contribution is 2.27. The molecular weight excluding hydrogens is 280 g/mol. The zero-order valence-electron chi connectivity index (χ0n) is 11.3. The van der Waals surface area contributed by atoms with Crippen LogP contribution in [0.15, 0.2) is 21.7 Å². The lowest BCUT2D eigenvalue weighted by molar-refractivity contribution is 0.246. The molecule has 1 aliphatic heterocycles. The van der Waals surface area contributed by atoms with E-state index in [4.69, 9.17) is 0 Å². The summed E-state index contributed by atoms with van der Waals surface area (Å²) in [4.78, 5) is 0. The van der Waals surface area contributed by atoms with Crippen LogP contribution >= 0.6 is 11.3 Å². The van der Waals surface area contributed by atoms with E-state index in [9.17, 15) is 8.42 Å². The van der Waals surface area contributed by atoms with E-state index in [0.29, 0.717) is 10.8 Å². The Labute approximate surface area is 119 Å². The van der Waals surface area contributed by atoms with Crippen LogP contribution in [0.4, 0.5) is 0 Å². The van der Waals surface area contributed by atoms with Crippen LogP contribution in [0.25, 0.3) is 0 Å². The molecule has 0 radical (unpaired) electrons. The molecule has 0 spiro atoms.